The highest BCUT2D eigenvalue weighted by atomic mass is 19.1. The number of aryl methyl sites for hydroxylation is 2. The van der Waals surface area contributed by atoms with Crippen molar-refractivity contribution < 1.29 is 9.31 Å². The number of rotatable bonds is 5. The van der Waals surface area contributed by atoms with Gasteiger partial charge < -0.3 is 5.32 Å². The number of anilines is 1. The molecule has 0 saturated heterocycles. The minimum absolute atomic E-state index is 0.247. The molecule has 0 spiro atoms. The second-order valence-electron chi connectivity index (χ2n) is 4.90. The molecule has 21 heavy (non-hydrogen) atoms. The van der Waals surface area contributed by atoms with Crippen molar-refractivity contribution in [3.05, 3.63) is 69.0 Å². The van der Waals surface area contributed by atoms with Gasteiger partial charge in [-0.25, -0.2) is 4.39 Å². The van der Waals surface area contributed by atoms with Crippen LogP contribution in [0.15, 0.2) is 36.4 Å². The summed E-state index contributed by atoms with van der Waals surface area (Å²) in [6, 6.07) is 10.4. The molecule has 0 saturated carbocycles. The van der Waals surface area contributed by atoms with Crippen LogP contribution >= 0.6 is 0 Å². The fourth-order valence-corrected chi connectivity index (χ4v) is 2.05. The lowest BCUT2D eigenvalue weighted by Gasteiger charge is -2.09. The Hall–Kier alpha value is -2.43. The molecule has 0 aliphatic rings. The maximum Gasteiger partial charge on any atom is 0.295 e. The second kappa shape index (κ2) is 6.35. The fourth-order valence-electron chi connectivity index (χ4n) is 2.05. The molecular formula is C16H17FN2O2. The van der Waals surface area contributed by atoms with Crippen LogP contribution in [0.25, 0.3) is 0 Å². The van der Waals surface area contributed by atoms with Crippen molar-refractivity contribution in [3.8, 4) is 0 Å². The Kier molecular flexibility index (Phi) is 4.52. The number of nitrogens with zero attached hydrogens (tertiary/aromatic N) is 1. The summed E-state index contributed by atoms with van der Waals surface area (Å²) in [5.74, 6) is -0.570. The minimum Gasteiger partial charge on any atom is -0.375 e. The first kappa shape index (κ1) is 15.0. The van der Waals surface area contributed by atoms with Gasteiger partial charge in [0.15, 0.2) is 0 Å². The molecule has 0 aliphatic heterocycles. The molecule has 0 atom stereocenters. The maximum atomic E-state index is 13.4. The average Bonchev–Trinajstić information content (AvgIpc) is 2.48. The monoisotopic (exact) mass is 288 g/mol. The van der Waals surface area contributed by atoms with E-state index in [0.29, 0.717) is 17.8 Å². The van der Waals surface area contributed by atoms with Crippen molar-refractivity contribution in [1.82, 2.24) is 0 Å². The van der Waals surface area contributed by atoms with Gasteiger partial charge in [-0.3, -0.25) is 10.1 Å². The first-order valence-electron chi connectivity index (χ1n) is 6.77. The third kappa shape index (κ3) is 3.56. The zero-order valence-electron chi connectivity index (χ0n) is 12.0. The van der Waals surface area contributed by atoms with Crippen LogP contribution in [0.2, 0.25) is 0 Å². The molecule has 0 radical (unpaired) electrons. The number of nitro groups is 1. The Balaban J connectivity index is 2.18. The van der Waals surface area contributed by atoms with Gasteiger partial charge in [-0.2, -0.15) is 0 Å². The summed E-state index contributed by atoms with van der Waals surface area (Å²) in [6.45, 7) is 4.12. The van der Waals surface area contributed by atoms with Gasteiger partial charge in [-0.15, -0.1) is 0 Å². The van der Waals surface area contributed by atoms with Crippen LogP contribution in [0.1, 0.15) is 23.6 Å². The van der Waals surface area contributed by atoms with Gasteiger partial charge >= 0.3 is 0 Å². The largest absolute Gasteiger partial charge is 0.375 e. The molecule has 4 nitrogen and oxygen atoms in total. The molecular weight excluding hydrogens is 271 g/mol. The molecule has 0 aliphatic carbocycles. The molecule has 110 valence electrons. The topological polar surface area (TPSA) is 55.2 Å². The summed E-state index contributed by atoms with van der Waals surface area (Å²) < 4.78 is 13.4. The number of hydrogen-bond donors (Lipinski definition) is 1. The van der Waals surface area contributed by atoms with E-state index in [2.05, 4.69) is 12.2 Å². The molecule has 1 N–H and O–H groups in total. The summed E-state index contributed by atoms with van der Waals surface area (Å²) in [5.41, 5.74) is 2.72. The van der Waals surface area contributed by atoms with Gasteiger partial charge in [0.05, 0.1) is 11.0 Å². The molecule has 2 rings (SSSR count). The number of halogens is 1. The Bertz CT molecular complexity index is 654. The lowest BCUT2D eigenvalue weighted by Crippen LogP contribution is -2.04. The zero-order chi connectivity index (χ0) is 15.4. The third-order valence-electron chi connectivity index (χ3n) is 3.39. The summed E-state index contributed by atoms with van der Waals surface area (Å²) >= 11 is 0. The van der Waals surface area contributed by atoms with E-state index in [1.54, 1.807) is 6.92 Å². The van der Waals surface area contributed by atoms with Crippen LogP contribution < -0.4 is 5.32 Å². The highest BCUT2D eigenvalue weighted by Gasteiger charge is 2.16. The van der Waals surface area contributed by atoms with E-state index in [9.17, 15) is 14.5 Å². The smallest absolute Gasteiger partial charge is 0.295 e. The zero-order valence-corrected chi connectivity index (χ0v) is 12.0. The van der Waals surface area contributed by atoms with Crippen LogP contribution in [0, 0.1) is 22.9 Å². The van der Waals surface area contributed by atoms with E-state index in [0.717, 1.165) is 18.1 Å². The van der Waals surface area contributed by atoms with Gasteiger partial charge in [0.2, 0.25) is 0 Å². The quantitative estimate of drug-likeness (QED) is 0.662. The second-order valence-corrected chi connectivity index (χ2v) is 4.90. The standard InChI is InChI=1S/C16H17FN2O2/c1-3-12-4-6-13(7-5-12)10-18-15-8-11(2)14(17)9-16(15)19(20)21/h4-9,18H,3,10H2,1-2H3. The number of hydrogen-bond acceptors (Lipinski definition) is 3. The normalized spacial score (nSPS) is 10.4. The predicted molar refractivity (Wildman–Crippen MR) is 80.9 cm³/mol. The van der Waals surface area contributed by atoms with Crippen molar-refractivity contribution in [3.63, 3.8) is 0 Å². The summed E-state index contributed by atoms with van der Waals surface area (Å²) in [7, 11) is 0. The van der Waals surface area contributed by atoms with E-state index in [-0.39, 0.29) is 5.69 Å². The van der Waals surface area contributed by atoms with E-state index in [4.69, 9.17) is 0 Å². The summed E-state index contributed by atoms with van der Waals surface area (Å²) in [4.78, 5) is 10.4. The average molecular weight is 288 g/mol. The lowest BCUT2D eigenvalue weighted by atomic mass is 10.1. The maximum absolute atomic E-state index is 13.4. The van der Waals surface area contributed by atoms with E-state index in [1.165, 1.54) is 11.6 Å². The van der Waals surface area contributed by atoms with Gasteiger partial charge in [-0.1, -0.05) is 31.2 Å². The van der Waals surface area contributed by atoms with E-state index in [1.807, 2.05) is 24.3 Å². The van der Waals surface area contributed by atoms with Crippen LogP contribution in [0.5, 0.6) is 0 Å². The molecule has 0 bridgehead atoms. The van der Waals surface area contributed by atoms with Gasteiger partial charge in [-0.05, 0) is 36.1 Å². The summed E-state index contributed by atoms with van der Waals surface area (Å²) in [6.07, 6.45) is 0.969. The number of benzene rings is 2. The molecule has 5 heteroatoms. The highest BCUT2D eigenvalue weighted by molar-refractivity contribution is 5.63. The fraction of sp³-hybridized carbons (Fsp3) is 0.250. The van der Waals surface area contributed by atoms with Crippen LogP contribution in [-0.4, -0.2) is 4.92 Å². The first-order chi connectivity index (χ1) is 10.0. The first-order valence-corrected chi connectivity index (χ1v) is 6.77. The summed E-state index contributed by atoms with van der Waals surface area (Å²) in [5, 5.41) is 14.0. The van der Waals surface area contributed by atoms with Crippen LogP contribution in [-0.2, 0) is 13.0 Å². The Morgan fingerprint density at radius 2 is 1.81 bits per heavy atom. The number of nitro benzene ring substituents is 1. The van der Waals surface area contributed by atoms with Gasteiger partial charge in [0, 0.05) is 6.54 Å². The van der Waals surface area contributed by atoms with E-state index < -0.39 is 10.7 Å². The minimum atomic E-state index is -0.578. The lowest BCUT2D eigenvalue weighted by molar-refractivity contribution is -0.384. The Labute approximate surface area is 122 Å². The van der Waals surface area contributed by atoms with Gasteiger partial charge in [0.1, 0.15) is 11.5 Å². The van der Waals surface area contributed by atoms with Crippen molar-refractivity contribution in [1.29, 1.82) is 0 Å². The molecule has 0 aromatic heterocycles. The predicted octanol–water partition coefficient (Wildman–Crippen LogP) is 4.22. The Morgan fingerprint density at radius 1 is 1.19 bits per heavy atom. The number of nitrogens with one attached hydrogen (secondary N) is 1. The van der Waals surface area contributed by atoms with Gasteiger partial charge in [0.25, 0.3) is 5.69 Å². The third-order valence-corrected chi connectivity index (χ3v) is 3.39. The van der Waals surface area contributed by atoms with E-state index >= 15 is 0 Å². The highest BCUT2D eigenvalue weighted by Crippen LogP contribution is 2.27. The van der Waals surface area contributed by atoms with Crippen LogP contribution in [0.4, 0.5) is 15.8 Å². The van der Waals surface area contributed by atoms with Crippen molar-refractivity contribution >= 4 is 11.4 Å². The molecule has 2 aromatic rings. The van der Waals surface area contributed by atoms with Crippen molar-refractivity contribution in [2.24, 2.45) is 0 Å². The molecule has 2 aromatic carbocycles. The van der Waals surface area contributed by atoms with Crippen molar-refractivity contribution in [2.45, 2.75) is 26.8 Å². The Morgan fingerprint density at radius 3 is 2.38 bits per heavy atom. The molecule has 0 heterocycles. The molecule has 0 fully saturated rings. The SMILES string of the molecule is CCc1ccc(CNc2cc(C)c(F)cc2[N+](=O)[O-])cc1. The molecule has 0 amide bonds. The van der Waals surface area contributed by atoms with Crippen LogP contribution in [0.3, 0.4) is 0 Å². The van der Waals surface area contributed by atoms with Crippen molar-refractivity contribution in [2.75, 3.05) is 5.32 Å². The molecule has 0 unspecified atom stereocenters.